The highest BCUT2D eigenvalue weighted by Gasteiger charge is 1.57. The van der Waals surface area contributed by atoms with E-state index in [9.17, 15) is 0 Å². The summed E-state index contributed by atoms with van der Waals surface area (Å²) in [5.41, 5.74) is 0. The minimum Gasteiger partial charge on any atom is -0.394 e. The van der Waals surface area contributed by atoms with Gasteiger partial charge in [0.2, 0.25) is 0 Å². The van der Waals surface area contributed by atoms with Crippen LogP contribution in [0.15, 0.2) is 12.3 Å². The van der Waals surface area contributed by atoms with E-state index in [4.69, 9.17) is 0 Å². The molecule has 0 rings (SSSR count). The maximum atomic E-state index is 2.89. The first-order valence-electron chi connectivity index (χ1n) is 2.24. The van der Waals surface area contributed by atoms with Gasteiger partial charge in [0.25, 0.3) is 0 Å². The lowest BCUT2D eigenvalue weighted by Gasteiger charge is -1.79. The van der Waals surface area contributed by atoms with Crippen LogP contribution in [0.25, 0.3) is 0 Å². The second-order valence-corrected chi connectivity index (χ2v) is 1.10. The van der Waals surface area contributed by atoms with Crippen molar-refractivity contribution in [3.8, 4) is 0 Å². The Kier molecular flexibility index (Phi) is 4.19. The molecule has 0 saturated heterocycles. The molecule has 0 aromatic rings. The summed E-state index contributed by atoms with van der Waals surface area (Å²) in [6.07, 6.45) is 5.11. The Morgan fingerprint density at radius 2 is 2.33 bits per heavy atom. The van der Waals surface area contributed by atoms with Crippen LogP contribution in [0.1, 0.15) is 13.3 Å². The first-order valence-corrected chi connectivity index (χ1v) is 2.24. The molecular weight excluding hydrogens is 74.1 g/mol. The molecule has 0 aliphatic rings. The molecule has 0 atom stereocenters. The van der Waals surface area contributed by atoms with E-state index in [2.05, 4.69) is 18.3 Å². The molecule has 0 radical (unpaired) electrons. The predicted molar refractivity (Wildman–Crippen MR) is 28.5 cm³/mol. The maximum absolute atomic E-state index is 2.89. The van der Waals surface area contributed by atoms with Gasteiger partial charge in [0.05, 0.1) is 0 Å². The molecule has 0 bridgehead atoms. The topological polar surface area (TPSA) is 12.0 Å². The molecule has 36 valence electrons. The predicted octanol–water partition coefficient (Wildman–Crippen LogP) is 1.13. The Morgan fingerprint density at radius 1 is 1.67 bits per heavy atom. The molecular formula is C5H11N. The zero-order valence-electron chi connectivity index (χ0n) is 4.36. The third kappa shape index (κ3) is 3.54. The van der Waals surface area contributed by atoms with E-state index in [1.54, 1.807) is 0 Å². The van der Waals surface area contributed by atoms with E-state index in [1.165, 1.54) is 0 Å². The van der Waals surface area contributed by atoms with E-state index >= 15 is 0 Å². The number of rotatable bonds is 2. The van der Waals surface area contributed by atoms with Gasteiger partial charge in [-0.15, -0.1) is 0 Å². The molecule has 1 heteroatoms. The number of nitrogens with one attached hydrogen (secondary N) is 1. The number of hydrogen-bond acceptors (Lipinski definition) is 1. The molecule has 1 nitrogen and oxygen atoms in total. The molecule has 0 aromatic carbocycles. The standard InChI is InChI=1S/C5H11N/c1-3-4-5-6-2/h4-6H,3H2,1-2H3/b5-4-. The van der Waals surface area contributed by atoms with E-state index in [1.807, 2.05) is 13.2 Å². The molecule has 0 aliphatic carbocycles. The van der Waals surface area contributed by atoms with Gasteiger partial charge in [0.15, 0.2) is 0 Å². The van der Waals surface area contributed by atoms with Crippen molar-refractivity contribution in [2.45, 2.75) is 13.3 Å². The van der Waals surface area contributed by atoms with Crippen LogP contribution in [0.3, 0.4) is 0 Å². The third-order valence-electron chi connectivity index (χ3n) is 0.520. The Balaban J connectivity index is 2.73. The van der Waals surface area contributed by atoms with Crippen molar-refractivity contribution in [1.82, 2.24) is 5.32 Å². The lowest BCUT2D eigenvalue weighted by Crippen LogP contribution is -1.89. The normalized spacial score (nSPS) is 9.67. The van der Waals surface area contributed by atoms with E-state index in [0.29, 0.717) is 0 Å². The molecule has 0 saturated carbocycles. The quantitative estimate of drug-likeness (QED) is 0.530. The highest BCUT2D eigenvalue weighted by molar-refractivity contribution is 4.74. The van der Waals surface area contributed by atoms with E-state index < -0.39 is 0 Å². The van der Waals surface area contributed by atoms with E-state index in [0.717, 1.165) is 6.42 Å². The van der Waals surface area contributed by atoms with Gasteiger partial charge < -0.3 is 5.32 Å². The van der Waals surface area contributed by atoms with Gasteiger partial charge in [-0.3, -0.25) is 0 Å². The number of hydrogen-bond donors (Lipinski definition) is 1. The van der Waals surface area contributed by atoms with Crippen molar-refractivity contribution >= 4 is 0 Å². The molecule has 6 heavy (non-hydrogen) atoms. The van der Waals surface area contributed by atoms with Crippen molar-refractivity contribution in [1.29, 1.82) is 0 Å². The van der Waals surface area contributed by atoms with Crippen molar-refractivity contribution in [2.75, 3.05) is 7.05 Å². The van der Waals surface area contributed by atoms with Crippen molar-refractivity contribution in [3.05, 3.63) is 12.3 Å². The molecule has 0 spiro atoms. The van der Waals surface area contributed by atoms with Crippen molar-refractivity contribution in [3.63, 3.8) is 0 Å². The summed E-state index contributed by atoms with van der Waals surface area (Å²) < 4.78 is 0. The maximum Gasteiger partial charge on any atom is 0.00276 e. The summed E-state index contributed by atoms with van der Waals surface area (Å²) in [7, 11) is 1.90. The fourth-order valence-corrected chi connectivity index (χ4v) is 0.236. The monoisotopic (exact) mass is 85.1 g/mol. The summed E-state index contributed by atoms with van der Waals surface area (Å²) in [5, 5.41) is 2.89. The van der Waals surface area contributed by atoms with Crippen LogP contribution in [0.4, 0.5) is 0 Å². The van der Waals surface area contributed by atoms with Gasteiger partial charge in [0.1, 0.15) is 0 Å². The van der Waals surface area contributed by atoms with Crippen LogP contribution in [-0.4, -0.2) is 7.05 Å². The minimum absolute atomic E-state index is 1.11. The molecule has 0 fully saturated rings. The number of allylic oxidation sites excluding steroid dienone is 1. The van der Waals surface area contributed by atoms with Crippen molar-refractivity contribution < 1.29 is 0 Å². The Hall–Kier alpha value is -0.460. The van der Waals surface area contributed by atoms with Crippen LogP contribution in [0.5, 0.6) is 0 Å². The van der Waals surface area contributed by atoms with Crippen LogP contribution < -0.4 is 5.32 Å². The molecule has 0 aliphatic heterocycles. The Morgan fingerprint density at radius 3 is 2.50 bits per heavy atom. The van der Waals surface area contributed by atoms with E-state index in [-0.39, 0.29) is 0 Å². The first-order chi connectivity index (χ1) is 2.91. The largest absolute Gasteiger partial charge is 0.394 e. The lowest BCUT2D eigenvalue weighted by molar-refractivity contribution is 1.07. The average Bonchev–Trinajstić information content (AvgIpc) is 1.61. The second kappa shape index (κ2) is 4.54. The van der Waals surface area contributed by atoms with Crippen LogP contribution in [-0.2, 0) is 0 Å². The Labute approximate surface area is 39.1 Å². The van der Waals surface area contributed by atoms with Gasteiger partial charge in [-0.05, 0) is 12.6 Å². The van der Waals surface area contributed by atoms with Crippen LogP contribution in [0.2, 0.25) is 0 Å². The van der Waals surface area contributed by atoms with Gasteiger partial charge in [-0.2, -0.15) is 0 Å². The van der Waals surface area contributed by atoms with Gasteiger partial charge >= 0.3 is 0 Å². The summed E-state index contributed by atoms with van der Waals surface area (Å²) in [4.78, 5) is 0. The lowest BCUT2D eigenvalue weighted by atomic mass is 10.5. The van der Waals surface area contributed by atoms with Crippen LogP contribution >= 0.6 is 0 Å². The highest BCUT2D eigenvalue weighted by Crippen LogP contribution is 1.72. The smallest absolute Gasteiger partial charge is 0.00276 e. The molecule has 0 aromatic heterocycles. The Bertz CT molecular complexity index is 33.2. The van der Waals surface area contributed by atoms with Crippen LogP contribution in [0, 0.1) is 0 Å². The highest BCUT2D eigenvalue weighted by atomic mass is 14.8. The van der Waals surface area contributed by atoms with Gasteiger partial charge in [0, 0.05) is 7.05 Å². The first kappa shape index (κ1) is 5.54. The fraction of sp³-hybridized carbons (Fsp3) is 0.600. The van der Waals surface area contributed by atoms with Gasteiger partial charge in [-0.25, -0.2) is 0 Å². The van der Waals surface area contributed by atoms with Gasteiger partial charge in [-0.1, -0.05) is 13.0 Å². The summed E-state index contributed by atoms with van der Waals surface area (Å²) in [6.45, 7) is 2.10. The second-order valence-electron chi connectivity index (χ2n) is 1.10. The SMILES string of the molecule is CC/C=C\NC. The zero-order valence-corrected chi connectivity index (χ0v) is 4.36. The summed E-state index contributed by atoms with van der Waals surface area (Å²) in [6, 6.07) is 0. The molecule has 0 unspecified atom stereocenters. The van der Waals surface area contributed by atoms with Crippen molar-refractivity contribution in [2.24, 2.45) is 0 Å². The zero-order chi connectivity index (χ0) is 4.83. The molecule has 0 heterocycles. The summed E-state index contributed by atoms with van der Waals surface area (Å²) in [5.74, 6) is 0. The molecule has 0 amide bonds. The molecule has 1 N–H and O–H groups in total. The minimum atomic E-state index is 1.11. The average molecular weight is 85.1 g/mol. The third-order valence-corrected chi connectivity index (χ3v) is 0.520. The fourth-order valence-electron chi connectivity index (χ4n) is 0.236. The summed E-state index contributed by atoms with van der Waals surface area (Å²) >= 11 is 0.